The van der Waals surface area contributed by atoms with Gasteiger partial charge in [-0.15, -0.1) is 0 Å². The average molecular weight is 179 g/mol. The summed E-state index contributed by atoms with van der Waals surface area (Å²) in [6, 6.07) is 16.2. The van der Waals surface area contributed by atoms with E-state index in [0.717, 1.165) is 11.1 Å². The van der Waals surface area contributed by atoms with Crippen LogP contribution in [0.4, 0.5) is 0 Å². The fraction of sp³-hybridized carbons (Fsp3) is 0. The van der Waals surface area contributed by atoms with E-state index in [4.69, 9.17) is 5.41 Å². The SMILES string of the molecule is N=C1c2ccccc2-c2ccccc21. The van der Waals surface area contributed by atoms with Crippen LogP contribution >= 0.6 is 0 Å². The molecule has 2 aromatic carbocycles. The Morgan fingerprint density at radius 1 is 0.571 bits per heavy atom. The molecule has 0 bridgehead atoms. The highest BCUT2D eigenvalue weighted by atomic mass is 14.5. The molecule has 0 saturated heterocycles. The molecular weight excluding hydrogens is 170 g/mol. The van der Waals surface area contributed by atoms with Crippen molar-refractivity contribution in [3.63, 3.8) is 0 Å². The van der Waals surface area contributed by atoms with Crippen LogP contribution in [0.25, 0.3) is 11.1 Å². The topological polar surface area (TPSA) is 23.9 Å². The summed E-state index contributed by atoms with van der Waals surface area (Å²) in [5.74, 6) is 0. The molecule has 1 nitrogen and oxygen atoms in total. The van der Waals surface area contributed by atoms with E-state index in [0.29, 0.717) is 5.71 Å². The van der Waals surface area contributed by atoms with Gasteiger partial charge in [0.15, 0.2) is 0 Å². The third-order valence-electron chi connectivity index (χ3n) is 2.68. The van der Waals surface area contributed by atoms with Crippen LogP contribution in [0.2, 0.25) is 0 Å². The molecule has 3 rings (SSSR count). The van der Waals surface area contributed by atoms with E-state index >= 15 is 0 Å². The molecule has 0 saturated carbocycles. The lowest BCUT2D eigenvalue weighted by molar-refractivity contribution is 1.50. The molecule has 0 atom stereocenters. The van der Waals surface area contributed by atoms with Gasteiger partial charge in [0.1, 0.15) is 0 Å². The van der Waals surface area contributed by atoms with Gasteiger partial charge in [-0.25, -0.2) is 0 Å². The van der Waals surface area contributed by atoms with Gasteiger partial charge >= 0.3 is 0 Å². The van der Waals surface area contributed by atoms with E-state index in [9.17, 15) is 0 Å². The number of fused-ring (bicyclic) bond motifs is 3. The Balaban J connectivity index is 2.42. The van der Waals surface area contributed by atoms with E-state index in [-0.39, 0.29) is 0 Å². The smallest absolute Gasteiger partial charge is 0.0697 e. The lowest BCUT2D eigenvalue weighted by Gasteiger charge is -1.97. The second-order valence-electron chi connectivity index (χ2n) is 3.47. The Hall–Kier alpha value is -1.89. The van der Waals surface area contributed by atoms with Gasteiger partial charge in [-0.1, -0.05) is 48.5 Å². The van der Waals surface area contributed by atoms with Crippen molar-refractivity contribution in [3.8, 4) is 11.1 Å². The molecule has 0 aliphatic heterocycles. The van der Waals surface area contributed by atoms with Crippen LogP contribution in [-0.2, 0) is 0 Å². The van der Waals surface area contributed by atoms with Gasteiger partial charge < -0.3 is 0 Å². The third kappa shape index (κ3) is 0.814. The van der Waals surface area contributed by atoms with E-state index < -0.39 is 0 Å². The van der Waals surface area contributed by atoms with Crippen molar-refractivity contribution in [3.05, 3.63) is 59.7 Å². The van der Waals surface area contributed by atoms with Gasteiger partial charge in [-0.3, -0.25) is 5.41 Å². The second-order valence-corrected chi connectivity index (χ2v) is 3.47. The largest absolute Gasteiger partial charge is 0.300 e. The Kier molecular flexibility index (Phi) is 1.37. The van der Waals surface area contributed by atoms with Gasteiger partial charge in [-0.2, -0.15) is 0 Å². The first-order chi connectivity index (χ1) is 6.88. The molecule has 0 unspecified atom stereocenters. The predicted molar refractivity (Wildman–Crippen MR) is 57.8 cm³/mol. The van der Waals surface area contributed by atoms with Crippen molar-refractivity contribution in [2.75, 3.05) is 0 Å². The van der Waals surface area contributed by atoms with Gasteiger partial charge in [0, 0.05) is 11.1 Å². The summed E-state index contributed by atoms with van der Waals surface area (Å²) in [6.45, 7) is 0. The highest BCUT2D eigenvalue weighted by Gasteiger charge is 2.21. The van der Waals surface area contributed by atoms with Crippen molar-refractivity contribution in [2.45, 2.75) is 0 Å². The maximum Gasteiger partial charge on any atom is 0.0697 e. The van der Waals surface area contributed by atoms with E-state index in [1.54, 1.807) is 0 Å². The van der Waals surface area contributed by atoms with Crippen LogP contribution in [0.1, 0.15) is 11.1 Å². The van der Waals surface area contributed by atoms with Crippen LogP contribution in [0.5, 0.6) is 0 Å². The molecule has 0 heterocycles. The zero-order valence-corrected chi connectivity index (χ0v) is 7.62. The quantitative estimate of drug-likeness (QED) is 0.548. The summed E-state index contributed by atoms with van der Waals surface area (Å²) in [7, 11) is 0. The fourth-order valence-electron chi connectivity index (χ4n) is 2.02. The first kappa shape index (κ1) is 7.51. The average Bonchev–Trinajstić information content (AvgIpc) is 2.55. The number of nitrogens with one attached hydrogen (secondary N) is 1. The number of rotatable bonds is 0. The molecule has 14 heavy (non-hydrogen) atoms. The lowest BCUT2D eigenvalue weighted by atomic mass is 10.1. The van der Waals surface area contributed by atoms with Crippen molar-refractivity contribution in [1.82, 2.24) is 0 Å². The predicted octanol–water partition coefficient (Wildman–Crippen LogP) is 3.08. The van der Waals surface area contributed by atoms with Crippen molar-refractivity contribution in [1.29, 1.82) is 5.41 Å². The normalized spacial score (nSPS) is 12.4. The molecule has 1 aliphatic rings. The second kappa shape index (κ2) is 2.55. The Labute approximate surface area is 82.5 Å². The third-order valence-corrected chi connectivity index (χ3v) is 2.68. The van der Waals surface area contributed by atoms with Crippen LogP contribution in [0.15, 0.2) is 48.5 Å². The summed E-state index contributed by atoms with van der Waals surface area (Å²) in [5, 5.41) is 8.01. The van der Waals surface area contributed by atoms with Crippen LogP contribution in [0, 0.1) is 5.41 Å². The molecule has 1 N–H and O–H groups in total. The van der Waals surface area contributed by atoms with Crippen molar-refractivity contribution >= 4 is 5.71 Å². The zero-order valence-electron chi connectivity index (χ0n) is 7.62. The van der Waals surface area contributed by atoms with Gasteiger partial charge in [0.25, 0.3) is 0 Å². The Morgan fingerprint density at radius 2 is 0.929 bits per heavy atom. The Morgan fingerprint density at radius 3 is 1.36 bits per heavy atom. The van der Waals surface area contributed by atoms with Gasteiger partial charge in [0.2, 0.25) is 0 Å². The molecule has 0 fully saturated rings. The maximum atomic E-state index is 8.01. The summed E-state index contributed by atoms with van der Waals surface area (Å²) in [4.78, 5) is 0. The first-order valence-corrected chi connectivity index (χ1v) is 4.65. The molecule has 0 radical (unpaired) electrons. The summed E-state index contributed by atoms with van der Waals surface area (Å²) < 4.78 is 0. The first-order valence-electron chi connectivity index (χ1n) is 4.65. The molecule has 1 heteroatoms. The summed E-state index contributed by atoms with van der Waals surface area (Å²) in [5.41, 5.74) is 5.12. The van der Waals surface area contributed by atoms with Crippen LogP contribution in [-0.4, -0.2) is 5.71 Å². The lowest BCUT2D eigenvalue weighted by Crippen LogP contribution is -1.93. The standard InChI is InChI=1S/C13H9N/c14-13-11-7-3-1-5-9(11)10-6-2-4-8-12(10)13/h1-8,14H. The molecule has 66 valence electrons. The molecule has 2 aromatic rings. The minimum Gasteiger partial charge on any atom is -0.300 e. The van der Waals surface area contributed by atoms with Crippen LogP contribution in [0.3, 0.4) is 0 Å². The molecule has 1 aliphatic carbocycles. The Bertz CT molecular complexity index is 479. The minimum absolute atomic E-state index is 0.649. The number of hydrogen-bond donors (Lipinski definition) is 1. The molecule has 0 amide bonds. The van der Waals surface area contributed by atoms with E-state index in [1.165, 1.54) is 11.1 Å². The summed E-state index contributed by atoms with van der Waals surface area (Å²) in [6.07, 6.45) is 0. The highest BCUT2D eigenvalue weighted by molar-refractivity contribution is 6.22. The number of hydrogen-bond acceptors (Lipinski definition) is 1. The minimum atomic E-state index is 0.649. The monoisotopic (exact) mass is 179 g/mol. The number of benzene rings is 2. The molecular formula is C13H9N. The van der Waals surface area contributed by atoms with Crippen molar-refractivity contribution < 1.29 is 0 Å². The highest BCUT2D eigenvalue weighted by Crippen LogP contribution is 2.35. The summed E-state index contributed by atoms with van der Waals surface area (Å²) >= 11 is 0. The maximum absolute atomic E-state index is 8.01. The van der Waals surface area contributed by atoms with E-state index in [1.807, 2.05) is 36.4 Å². The zero-order chi connectivity index (χ0) is 9.54. The van der Waals surface area contributed by atoms with Gasteiger partial charge in [-0.05, 0) is 11.1 Å². The van der Waals surface area contributed by atoms with Crippen LogP contribution < -0.4 is 0 Å². The molecule has 0 spiro atoms. The van der Waals surface area contributed by atoms with Gasteiger partial charge in [0.05, 0.1) is 5.71 Å². The van der Waals surface area contributed by atoms with Crippen molar-refractivity contribution in [2.24, 2.45) is 0 Å². The molecule has 0 aromatic heterocycles. The van der Waals surface area contributed by atoms with E-state index in [2.05, 4.69) is 12.1 Å². The fourth-order valence-corrected chi connectivity index (χ4v) is 2.02.